The highest BCUT2D eigenvalue weighted by Gasteiger charge is 2.14. The summed E-state index contributed by atoms with van der Waals surface area (Å²) in [6, 6.07) is 0. The van der Waals surface area contributed by atoms with E-state index in [0.29, 0.717) is 5.70 Å². The summed E-state index contributed by atoms with van der Waals surface area (Å²) in [5, 5.41) is 0. The standard InChI is InChI=1S/C6H7NO2/c7-4-1-5(8)3-6(9)2-4/h1H,2-3,7H2. The van der Waals surface area contributed by atoms with Crippen molar-refractivity contribution in [3.8, 4) is 0 Å². The molecule has 0 radical (unpaired) electrons. The van der Waals surface area contributed by atoms with E-state index in [1.54, 1.807) is 0 Å². The Morgan fingerprint density at radius 3 is 2.44 bits per heavy atom. The molecular formula is C6H7NO2. The van der Waals surface area contributed by atoms with Crippen LogP contribution in [0.1, 0.15) is 12.8 Å². The first-order valence-electron chi connectivity index (χ1n) is 2.69. The molecule has 0 aromatic heterocycles. The zero-order valence-corrected chi connectivity index (χ0v) is 4.89. The fourth-order valence-electron chi connectivity index (χ4n) is 0.793. The third-order valence-corrected chi connectivity index (χ3v) is 1.12. The van der Waals surface area contributed by atoms with Crippen LogP contribution in [-0.2, 0) is 9.59 Å². The van der Waals surface area contributed by atoms with Crippen molar-refractivity contribution >= 4 is 11.6 Å². The first kappa shape index (κ1) is 6.01. The van der Waals surface area contributed by atoms with Gasteiger partial charge in [0, 0.05) is 18.2 Å². The highest BCUT2D eigenvalue weighted by atomic mass is 16.1. The minimum atomic E-state index is -0.177. The molecular weight excluding hydrogens is 118 g/mol. The van der Waals surface area contributed by atoms with Crippen molar-refractivity contribution in [1.82, 2.24) is 0 Å². The topological polar surface area (TPSA) is 60.2 Å². The number of rotatable bonds is 0. The fraction of sp³-hybridized carbons (Fsp3) is 0.333. The largest absolute Gasteiger partial charge is 0.402 e. The van der Waals surface area contributed by atoms with Gasteiger partial charge < -0.3 is 5.73 Å². The minimum Gasteiger partial charge on any atom is -0.402 e. The first-order valence-corrected chi connectivity index (χ1v) is 2.69. The summed E-state index contributed by atoms with van der Waals surface area (Å²) in [7, 11) is 0. The summed E-state index contributed by atoms with van der Waals surface area (Å²) >= 11 is 0. The molecule has 9 heavy (non-hydrogen) atoms. The Hall–Kier alpha value is -1.12. The molecule has 3 heteroatoms. The van der Waals surface area contributed by atoms with Crippen LogP contribution in [0.25, 0.3) is 0 Å². The van der Waals surface area contributed by atoms with E-state index >= 15 is 0 Å². The molecule has 0 saturated carbocycles. The van der Waals surface area contributed by atoms with Crippen LogP contribution >= 0.6 is 0 Å². The molecule has 1 aliphatic carbocycles. The molecule has 0 saturated heterocycles. The van der Waals surface area contributed by atoms with Crippen LogP contribution in [0.5, 0.6) is 0 Å². The number of nitrogens with two attached hydrogens (primary N) is 1. The maximum Gasteiger partial charge on any atom is 0.164 e. The van der Waals surface area contributed by atoms with Crippen LogP contribution in [0.3, 0.4) is 0 Å². The first-order chi connectivity index (χ1) is 4.18. The molecule has 1 aliphatic rings. The Bertz CT molecular complexity index is 193. The smallest absolute Gasteiger partial charge is 0.164 e. The molecule has 0 atom stereocenters. The summed E-state index contributed by atoms with van der Waals surface area (Å²) in [5.41, 5.74) is 5.62. The van der Waals surface area contributed by atoms with Gasteiger partial charge in [-0.2, -0.15) is 0 Å². The predicted molar refractivity (Wildman–Crippen MR) is 31.5 cm³/mol. The van der Waals surface area contributed by atoms with Crippen molar-refractivity contribution in [2.45, 2.75) is 12.8 Å². The molecule has 3 nitrogen and oxygen atoms in total. The summed E-state index contributed by atoms with van der Waals surface area (Å²) in [5.74, 6) is -0.260. The summed E-state index contributed by atoms with van der Waals surface area (Å²) in [6.07, 6.45) is 1.59. The number of ketones is 2. The second-order valence-corrected chi connectivity index (χ2v) is 2.08. The quantitative estimate of drug-likeness (QED) is 0.454. The summed E-state index contributed by atoms with van der Waals surface area (Å²) in [6.45, 7) is 0. The number of allylic oxidation sites excluding steroid dienone is 2. The van der Waals surface area contributed by atoms with Gasteiger partial charge in [0.15, 0.2) is 5.78 Å². The molecule has 0 amide bonds. The lowest BCUT2D eigenvalue weighted by Crippen LogP contribution is -2.16. The van der Waals surface area contributed by atoms with Crippen LogP contribution in [-0.4, -0.2) is 11.6 Å². The summed E-state index contributed by atoms with van der Waals surface area (Å²) in [4.78, 5) is 21.0. The Labute approximate surface area is 52.5 Å². The van der Waals surface area contributed by atoms with Crippen molar-refractivity contribution < 1.29 is 9.59 Å². The van der Waals surface area contributed by atoms with Crippen LogP contribution in [0.4, 0.5) is 0 Å². The van der Waals surface area contributed by atoms with E-state index in [2.05, 4.69) is 0 Å². The van der Waals surface area contributed by atoms with Gasteiger partial charge in [0.25, 0.3) is 0 Å². The monoisotopic (exact) mass is 125 g/mol. The van der Waals surface area contributed by atoms with Crippen LogP contribution in [0, 0.1) is 0 Å². The van der Waals surface area contributed by atoms with Gasteiger partial charge in [0.2, 0.25) is 0 Å². The predicted octanol–water partition coefficient (Wildman–Crippen LogP) is -0.239. The Kier molecular flexibility index (Phi) is 1.34. The highest BCUT2D eigenvalue weighted by molar-refractivity contribution is 6.08. The van der Waals surface area contributed by atoms with Gasteiger partial charge in [-0.3, -0.25) is 9.59 Å². The van der Waals surface area contributed by atoms with E-state index < -0.39 is 0 Å². The normalized spacial score (nSPS) is 19.8. The molecule has 1 rings (SSSR count). The van der Waals surface area contributed by atoms with Gasteiger partial charge in [-0.1, -0.05) is 0 Å². The Morgan fingerprint density at radius 2 is 2.00 bits per heavy atom. The Balaban J connectivity index is 2.79. The van der Waals surface area contributed by atoms with Crippen molar-refractivity contribution in [3.05, 3.63) is 11.8 Å². The molecule has 2 N–H and O–H groups in total. The van der Waals surface area contributed by atoms with Crippen molar-refractivity contribution in [3.63, 3.8) is 0 Å². The molecule has 0 aromatic carbocycles. The third kappa shape index (κ3) is 1.38. The maximum absolute atomic E-state index is 10.5. The van der Waals surface area contributed by atoms with Crippen molar-refractivity contribution in [2.24, 2.45) is 5.73 Å². The lowest BCUT2D eigenvalue weighted by molar-refractivity contribution is -0.125. The van der Waals surface area contributed by atoms with E-state index in [1.165, 1.54) is 6.08 Å². The lowest BCUT2D eigenvalue weighted by Gasteiger charge is -2.04. The van der Waals surface area contributed by atoms with Gasteiger partial charge in [0.1, 0.15) is 5.78 Å². The van der Waals surface area contributed by atoms with E-state index in [1.807, 2.05) is 0 Å². The second-order valence-electron chi connectivity index (χ2n) is 2.08. The zero-order chi connectivity index (χ0) is 6.85. The van der Waals surface area contributed by atoms with Gasteiger partial charge >= 0.3 is 0 Å². The van der Waals surface area contributed by atoms with Crippen molar-refractivity contribution in [2.75, 3.05) is 0 Å². The average Bonchev–Trinajstić information content (AvgIpc) is 1.59. The van der Waals surface area contributed by atoms with E-state index in [-0.39, 0.29) is 24.4 Å². The van der Waals surface area contributed by atoms with Crippen LogP contribution < -0.4 is 5.73 Å². The molecule has 0 spiro atoms. The van der Waals surface area contributed by atoms with E-state index in [4.69, 9.17) is 5.73 Å². The van der Waals surface area contributed by atoms with Crippen molar-refractivity contribution in [1.29, 1.82) is 0 Å². The Morgan fingerprint density at radius 1 is 1.33 bits per heavy atom. The second kappa shape index (κ2) is 2.01. The van der Waals surface area contributed by atoms with Gasteiger partial charge in [0.05, 0.1) is 6.42 Å². The summed E-state index contributed by atoms with van der Waals surface area (Å²) < 4.78 is 0. The molecule has 0 aromatic rings. The fourth-order valence-corrected chi connectivity index (χ4v) is 0.793. The van der Waals surface area contributed by atoms with Gasteiger partial charge in [-0.25, -0.2) is 0 Å². The molecule has 0 unspecified atom stereocenters. The molecule has 48 valence electrons. The minimum absolute atomic E-state index is 0.0285. The van der Waals surface area contributed by atoms with E-state index in [0.717, 1.165) is 0 Å². The molecule has 0 bridgehead atoms. The highest BCUT2D eigenvalue weighted by Crippen LogP contribution is 2.05. The molecule has 0 heterocycles. The van der Waals surface area contributed by atoms with E-state index in [9.17, 15) is 9.59 Å². The number of Topliss-reactive ketones (excluding diaryl/α,β-unsaturated/α-hetero) is 1. The average molecular weight is 125 g/mol. The number of hydrogen-bond donors (Lipinski definition) is 1. The third-order valence-electron chi connectivity index (χ3n) is 1.12. The lowest BCUT2D eigenvalue weighted by atomic mass is 10.0. The SMILES string of the molecule is NC1=CC(=O)CC(=O)C1. The number of hydrogen-bond acceptors (Lipinski definition) is 3. The maximum atomic E-state index is 10.5. The zero-order valence-electron chi connectivity index (χ0n) is 4.89. The van der Waals surface area contributed by atoms with Gasteiger partial charge in [-0.15, -0.1) is 0 Å². The van der Waals surface area contributed by atoms with Crippen LogP contribution in [0.2, 0.25) is 0 Å². The number of carbonyl (C=O) groups excluding carboxylic acids is 2. The molecule has 0 aliphatic heterocycles. The molecule has 0 fully saturated rings. The van der Waals surface area contributed by atoms with Crippen LogP contribution in [0.15, 0.2) is 11.8 Å². The van der Waals surface area contributed by atoms with Gasteiger partial charge in [-0.05, 0) is 0 Å². The number of carbonyl (C=O) groups is 2.